The van der Waals surface area contributed by atoms with Gasteiger partial charge in [-0.2, -0.15) is 4.31 Å². The number of sulfonamides is 1. The van der Waals surface area contributed by atoms with E-state index >= 15 is 0 Å². The Morgan fingerprint density at radius 1 is 1.06 bits per heavy atom. The molecule has 0 spiro atoms. The third-order valence-corrected chi connectivity index (χ3v) is 7.37. The summed E-state index contributed by atoms with van der Waals surface area (Å²) in [6.45, 7) is 6.23. The molecule has 1 atom stereocenters. The maximum atomic E-state index is 12.8. The van der Waals surface area contributed by atoms with Crippen LogP contribution in [0.3, 0.4) is 0 Å². The van der Waals surface area contributed by atoms with Crippen LogP contribution in [0.4, 0.5) is 5.69 Å². The van der Waals surface area contributed by atoms with Crippen LogP contribution in [0.15, 0.2) is 53.4 Å². The van der Waals surface area contributed by atoms with Gasteiger partial charge in [-0.3, -0.25) is 15.0 Å². The van der Waals surface area contributed by atoms with Gasteiger partial charge < -0.3 is 9.84 Å². The Labute approximate surface area is 188 Å². The Hall–Kier alpha value is -2.53. The topological polar surface area (TPSA) is 113 Å². The number of hydrogen-bond donors (Lipinski definition) is 1. The maximum absolute atomic E-state index is 12.8. The van der Waals surface area contributed by atoms with Crippen molar-refractivity contribution in [3.05, 3.63) is 64.2 Å². The van der Waals surface area contributed by atoms with Crippen molar-refractivity contribution in [1.82, 2.24) is 9.21 Å². The third kappa shape index (κ3) is 5.83. The van der Waals surface area contributed by atoms with Gasteiger partial charge in [0.05, 0.1) is 9.82 Å². The largest absolute Gasteiger partial charge is 0.491 e. The predicted molar refractivity (Wildman–Crippen MR) is 120 cm³/mol. The molecule has 0 aromatic heterocycles. The molecule has 1 fully saturated rings. The van der Waals surface area contributed by atoms with Gasteiger partial charge >= 0.3 is 0 Å². The van der Waals surface area contributed by atoms with E-state index in [4.69, 9.17) is 4.74 Å². The molecule has 0 saturated carbocycles. The van der Waals surface area contributed by atoms with Gasteiger partial charge in [0.15, 0.2) is 0 Å². The molecule has 2 aromatic rings. The highest BCUT2D eigenvalue weighted by atomic mass is 32.2. The van der Waals surface area contributed by atoms with Crippen LogP contribution in [0, 0.1) is 10.1 Å². The van der Waals surface area contributed by atoms with Gasteiger partial charge in [-0.1, -0.05) is 32.0 Å². The summed E-state index contributed by atoms with van der Waals surface area (Å²) in [6.07, 6.45) is -0.701. The van der Waals surface area contributed by atoms with Crippen molar-refractivity contribution in [1.29, 1.82) is 0 Å². The molecule has 1 N–H and O–H groups in total. The molecule has 0 unspecified atom stereocenters. The third-order valence-electron chi connectivity index (χ3n) is 5.46. The number of nitrogens with zero attached hydrogens (tertiary/aromatic N) is 3. The summed E-state index contributed by atoms with van der Waals surface area (Å²) in [5, 5.41) is 21.2. The van der Waals surface area contributed by atoms with Crippen molar-refractivity contribution in [2.45, 2.75) is 30.8 Å². The molecule has 3 rings (SSSR count). The van der Waals surface area contributed by atoms with Gasteiger partial charge in [-0.15, -0.1) is 0 Å². The quantitative estimate of drug-likeness (QED) is 0.449. The number of ether oxygens (including phenoxy) is 1. The molecule has 0 radical (unpaired) electrons. The van der Waals surface area contributed by atoms with E-state index in [1.807, 2.05) is 29.2 Å². The lowest BCUT2D eigenvalue weighted by atomic mass is 10.0. The minimum Gasteiger partial charge on any atom is -0.491 e. The highest BCUT2D eigenvalue weighted by molar-refractivity contribution is 7.89. The van der Waals surface area contributed by atoms with Crippen molar-refractivity contribution in [2.24, 2.45) is 0 Å². The smallest absolute Gasteiger partial charge is 0.269 e. The number of β-amino-alcohol motifs (C(OH)–C–C–N with tert-alkyl or cyclic N) is 1. The van der Waals surface area contributed by atoms with Crippen LogP contribution >= 0.6 is 0 Å². The Balaban J connectivity index is 1.50. The number of nitro benzene ring substituents is 1. The average molecular weight is 464 g/mol. The first kappa shape index (κ1) is 24.1. The van der Waals surface area contributed by atoms with Gasteiger partial charge in [0.25, 0.3) is 5.69 Å². The lowest BCUT2D eigenvalue weighted by molar-refractivity contribution is -0.384. The minimum atomic E-state index is -3.72. The number of non-ortho nitro benzene ring substituents is 1. The van der Waals surface area contributed by atoms with E-state index in [-0.39, 0.29) is 30.3 Å². The Kier molecular flexibility index (Phi) is 7.83. The number of hydrogen-bond acceptors (Lipinski definition) is 7. The molecular formula is C22H29N3O6S. The highest BCUT2D eigenvalue weighted by Gasteiger charge is 2.29. The molecule has 32 heavy (non-hydrogen) atoms. The van der Waals surface area contributed by atoms with Gasteiger partial charge in [-0.25, -0.2) is 8.42 Å². The van der Waals surface area contributed by atoms with Crippen molar-refractivity contribution in [3.63, 3.8) is 0 Å². The molecule has 0 amide bonds. The lowest BCUT2D eigenvalue weighted by Gasteiger charge is -2.34. The van der Waals surface area contributed by atoms with Crippen LogP contribution in [0.5, 0.6) is 5.75 Å². The van der Waals surface area contributed by atoms with E-state index in [0.29, 0.717) is 25.6 Å². The zero-order valence-corrected chi connectivity index (χ0v) is 19.1. The number of nitro groups is 1. The van der Waals surface area contributed by atoms with Crippen LogP contribution in [-0.2, 0) is 10.0 Å². The summed E-state index contributed by atoms with van der Waals surface area (Å²) in [4.78, 5) is 12.2. The number of para-hydroxylation sites is 1. The molecular weight excluding hydrogens is 434 g/mol. The van der Waals surface area contributed by atoms with Crippen LogP contribution in [-0.4, -0.2) is 73.1 Å². The molecule has 0 aliphatic carbocycles. The van der Waals surface area contributed by atoms with Gasteiger partial charge in [-0.05, 0) is 29.7 Å². The molecule has 1 heterocycles. The van der Waals surface area contributed by atoms with Crippen molar-refractivity contribution in [2.75, 3.05) is 39.3 Å². The lowest BCUT2D eigenvalue weighted by Crippen LogP contribution is -2.50. The van der Waals surface area contributed by atoms with Crippen LogP contribution in [0.2, 0.25) is 0 Å². The summed E-state index contributed by atoms with van der Waals surface area (Å²) in [5.74, 6) is 1.08. The second-order valence-electron chi connectivity index (χ2n) is 8.11. The Bertz CT molecular complexity index is 1020. The number of piperazine rings is 1. The second kappa shape index (κ2) is 10.4. The fourth-order valence-corrected chi connectivity index (χ4v) is 5.09. The molecule has 0 bridgehead atoms. The number of aliphatic hydroxyl groups excluding tert-OH is 1. The zero-order valence-electron chi connectivity index (χ0n) is 18.3. The maximum Gasteiger partial charge on any atom is 0.269 e. The summed E-state index contributed by atoms with van der Waals surface area (Å²) < 4.78 is 32.8. The van der Waals surface area contributed by atoms with E-state index in [1.165, 1.54) is 28.6 Å². The first-order valence-corrected chi connectivity index (χ1v) is 12.0. The van der Waals surface area contributed by atoms with Gasteiger partial charge in [0.2, 0.25) is 10.0 Å². The molecule has 174 valence electrons. The standard InChI is InChI=1S/C22H29N3O6S/c1-17(2)21-5-3-4-6-22(21)31-16-19(26)15-23-11-13-24(14-12-23)32(29,30)20-9-7-18(8-10-20)25(27)28/h3-10,17,19,26H,11-16H2,1-2H3/t19-/m0/s1. The SMILES string of the molecule is CC(C)c1ccccc1OC[C@@H](O)CN1CCN(S(=O)(=O)c2ccc([N+](=O)[O-])cc2)CC1. The van der Waals surface area contributed by atoms with Crippen LogP contribution < -0.4 is 4.74 Å². The second-order valence-corrected chi connectivity index (χ2v) is 10.1. The molecule has 1 aliphatic rings. The van der Waals surface area contributed by atoms with E-state index in [1.54, 1.807) is 0 Å². The van der Waals surface area contributed by atoms with E-state index in [2.05, 4.69) is 13.8 Å². The average Bonchev–Trinajstić information content (AvgIpc) is 2.78. The first-order chi connectivity index (χ1) is 15.2. The number of rotatable bonds is 9. The summed E-state index contributed by atoms with van der Waals surface area (Å²) in [6, 6.07) is 12.7. The predicted octanol–water partition coefficient (Wildman–Crippen LogP) is 2.46. The number of aliphatic hydroxyl groups is 1. The molecule has 9 nitrogen and oxygen atoms in total. The van der Waals surface area contributed by atoms with Crippen molar-refractivity contribution in [3.8, 4) is 5.75 Å². The van der Waals surface area contributed by atoms with E-state index in [9.17, 15) is 23.6 Å². The summed E-state index contributed by atoms with van der Waals surface area (Å²) in [5.41, 5.74) is 0.936. The first-order valence-electron chi connectivity index (χ1n) is 10.5. The summed E-state index contributed by atoms with van der Waals surface area (Å²) in [7, 11) is -3.72. The van der Waals surface area contributed by atoms with Crippen molar-refractivity contribution >= 4 is 15.7 Å². The highest BCUT2D eigenvalue weighted by Crippen LogP contribution is 2.26. The molecule has 1 aliphatic heterocycles. The Morgan fingerprint density at radius 3 is 2.28 bits per heavy atom. The molecule has 10 heteroatoms. The normalized spacial score (nSPS) is 16.8. The fraction of sp³-hybridized carbons (Fsp3) is 0.455. The minimum absolute atomic E-state index is 0.0359. The monoisotopic (exact) mass is 463 g/mol. The molecule has 1 saturated heterocycles. The Morgan fingerprint density at radius 2 is 1.69 bits per heavy atom. The van der Waals surface area contributed by atoms with Crippen molar-refractivity contribution < 1.29 is 23.2 Å². The molecule has 2 aromatic carbocycles. The van der Waals surface area contributed by atoms with Gasteiger partial charge in [0, 0.05) is 44.9 Å². The van der Waals surface area contributed by atoms with Crippen LogP contribution in [0.1, 0.15) is 25.3 Å². The van der Waals surface area contributed by atoms with E-state index < -0.39 is 21.1 Å². The fourth-order valence-electron chi connectivity index (χ4n) is 3.67. The van der Waals surface area contributed by atoms with E-state index in [0.717, 1.165) is 11.3 Å². The van der Waals surface area contributed by atoms with Crippen LogP contribution in [0.25, 0.3) is 0 Å². The summed E-state index contributed by atoms with van der Waals surface area (Å²) >= 11 is 0. The zero-order chi connectivity index (χ0) is 23.3. The number of benzene rings is 2. The van der Waals surface area contributed by atoms with Gasteiger partial charge in [0.1, 0.15) is 18.5 Å².